The molecule has 0 bridgehead atoms. The summed E-state index contributed by atoms with van der Waals surface area (Å²) in [7, 11) is 0. The second-order valence-corrected chi connectivity index (χ2v) is 8.87. The predicted molar refractivity (Wildman–Crippen MR) is 149 cm³/mol. The molecule has 0 unspecified atom stereocenters. The third-order valence-electron chi connectivity index (χ3n) is 6.55. The van der Waals surface area contributed by atoms with Gasteiger partial charge in [0.05, 0.1) is 5.56 Å². The minimum Gasteiger partial charge on any atom is -0.455 e. The van der Waals surface area contributed by atoms with Gasteiger partial charge in [0.15, 0.2) is 17.5 Å². The average molecular weight is 476 g/mol. The maximum atomic E-state index is 6.49. The summed E-state index contributed by atoms with van der Waals surface area (Å²) in [6.07, 6.45) is 0. The Labute approximate surface area is 213 Å². The first-order valence-electron chi connectivity index (χ1n) is 12.2. The van der Waals surface area contributed by atoms with Gasteiger partial charge in [-0.3, -0.25) is 0 Å². The van der Waals surface area contributed by atoms with Crippen molar-refractivity contribution in [3.63, 3.8) is 0 Å². The van der Waals surface area contributed by atoms with Gasteiger partial charge in [0, 0.05) is 21.9 Å². The van der Waals surface area contributed by atoms with E-state index in [-0.39, 0.29) is 0 Å². The Kier molecular flexibility index (Phi) is 5.07. The van der Waals surface area contributed by atoms with Gasteiger partial charge in [-0.1, -0.05) is 115 Å². The molecule has 0 aliphatic heterocycles. The highest BCUT2D eigenvalue weighted by Gasteiger charge is 2.19. The number of rotatable bonds is 4. The lowest BCUT2D eigenvalue weighted by molar-refractivity contribution is 0.669. The van der Waals surface area contributed by atoms with E-state index in [1.807, 2.05) is 91.0 Å². The molecule has 174 valence electrons. The number of hydrogen-bond acceptors (Lipinski definition) is 4. The molecule has 4 nitrogen and oxygen atoms in total. The first-order valence-corrected chi connectivity index (χ1v) is 12.2. The normalized spacial score (nSPS) is 11.2. The first kappa shape index (κ1) is 21.2. The van der Waals surface area contributed by atoms with Crippen LogP contribution in [0.1, 0.15) is 0 Å². The van der Waals surface area contributed by atoms with Crippen LogP contribution in [-0.4, -0.2) is 15.0 Å². The van der Waals surface area contributed by atoms with Crippen LogP contribution in [-0.2, 0) is 0 Å². The minimum atomic E-state index is 0.582. The molecule has 0 spiro atoms. The lowest BCUT2D eigenvalue weighted by Crippen LogP contribution is -2.00. The maximum Gasteiger partial charge on any atom is 0.167 e. The molecular weight excluding hydrogens is 454 g/mol. The van der Waals surface area contributed by atoms with Crippen molar-refractivity contribution >= 4 is 21.9 Å². The van der Waals surface area contributed by atoms with Crippen LogP contribution in [0.25, 0.3) is 67.2 Å². The summed E-state index contributed by atoms with van der Waals surface area (Å²) in [6.45, 7) is 0. The van der Waals surface area contributed by atoms with E-state index in [2.05, 4.69) is 36.4 Å². The molecule has 2 aromatic heterocycles. The lowest BCUT2D eigenvalue weighted by atomic mass is 9.99. The quantitative estimate of drug-likeness (QED) is 0.256. The first-order chi connectivity index (χ1) is 18.3. The number of furan rings is 1. The second kappa shape index (κ2) is 8.85. The van der Waals surface area contributed by atoms with Crippen molar-refractivity contribution in [1.29, 1.82) is 0 Å². The highest BCUT2D eigenvalue weighted by molar-refractivity contribution is 6.15. The van der Waals surface area contributed by atoms with E-state index in [1.165, 1.54) is 0 Å². The van der Waals surface area contributed by atoms with E-state index in [1.54, 1.807) is 0 Å². The highest BCUT2D eigenvalue weighted by Crippen LogP contribution is 2.40. The van der Waals surface area contributed by atoms with Gasteiger partial charge in [-0.25, -0.2) is 15.0 Å². The van der Waals surface area contributed by atoms with Gasteiger partial charge in [0.25, 0.3) is 0 Å². The Bertz CT molecular complexity index is 1800. The number of aromatic nitrogens is 3. The predicted octanol–water partition coefficient (Wildman–Crippen LogP) is 8.44. The van der Waals surface area contributed by atoms with Crippen molar-refractivity contribution in [3.05, 3.63) is 127 Å². The van der Waals surface area contributed by atoms with E-state index in [0.717, 1.165) is 49.8 Å². The monoisotopic (exact) mass is 475 g/mol. The third kappa shape index (κ3) is 3.76. The summed E-state index contributed by atoms with van der Waals surface area (Å²) >= 11 is 0. The molecule has 0 aliphatic carbocycles. The van der Waals surface area contributed by atoms with Crippen LogP contribution in [0.15, 0.2) is 132 Å². The Morgan fingerprint density at radius 1 is 0.405 bits per heavy atom. The zero-order valence-corrected chi connectivity index (χ0v) is 19.9. The Hall–Kier alpha value is -5.09. The molecule has 0 radical (unpaired) electrons. The van der Waals surface area contributed by atoms with Gasteiger partial charge in [0.1, 0.15) is 11.2 Å². The van der Waals surface area contributed by atoms with Crippen molar-refractivity contribution < 1.29 is 4.42 Å². The molecular formula is C33H21N3O. The largest absolute Gasteiger partial charge is 0.455 e. The Balaban J connectivity index is 1.49. The van der Waals surface area contributed by atoms with Crippen LogP contribution in [0.3, 0.4) is 0 Å². The molecule has 0 atom stereocenters. The van der Waals surface area contributed by atoms with Crippen LogP contribution in [0.2, 0.25) is 0 Å². The summed E-state index contributed by atoms with van der Waals surface area (Å²) in [5.74, 6) is 1.84. The van der Waals surface area contributed by atoms with Gasteiger partial charge in [-0.2, -0.15) is 0 Å². The molecule has 37 heavy (non-hydrogen) atoms. The fourth-order valence-corrected chi connectivity index (χ4v) is 4.81. The maximum absolute atomic E-state index is 6.49. The topological polar surface area (TPSA) is 51.8 Å². The van der Waals surface area contributed by atoms with Crippen LogP contribution in [0.5, 0.6) is 0 Å². The molecule has 0 saturated carbocycles. The molecule has 2 heterocycles. The molecule has 0 N–H and O–H groups in total. The fourth-order valence-electron chi connectivity index (χ4n) is 4.81. The van der Waals surface area contributed by atoms with Gasteiger partial charge in [-0.15, -0.1) is 0 Å². The molecule has 0 amide bonds. The van der Waals surface area contributed by atoms with E-state index < -0.39 is 0 Å². The number of fused-ring (bicyclic) bond motifs is 3. The zero-order valence-electron chi connectivity index (χ0n) is 19.9. The van der Waals surface area contributed by atoms with Crippen molar-refractivity contribution in [2.75, 3.05) is 0 Å². The molecule has 5 aromatic carbocycles. The van der Waals surface area contributed by atoms with E-state index in [0.29, 0.717) is 17.5 Å². The number of benzene rings is 5. The minimum absolute atomic E-state index is 0.582. The highest BCUT2D eigenvalue weighted by atomic mass is 16.3. The zero-order chi connectivity index (χ0) is 24.6. The third-order valence-corrected chi connectivity index (χ3v) is 6.55. The summed E-state index contributed by atoms with van der Waals surface area (Å²) in [5.41, 5.74) is 6.61. The van der Waals surface area contributed by atoms with Gasteiger partial charge >= 0.3 is 0 Å². The lowest BCUT2D eigenvalue weighted by Gasteiger charge is -2.08. The molecule has 7 rings (SSSR count). The smallest absolute Gasteiger partial charge is 0.167 e. The molecule has 0 saturated heterocycles. The SMILES string of the molecule is c1ccc(-c2nc(-c3ccccc3)nc(-c3cccc4c3oc3cccc(-c5ccccc5)c34)n2)cc1. The summed E-state index contributed by atoms with van der Waals surface area (Å²) in [6, 6.07) is 42.8. The van der Waals surface area contributed by atoms with Crippen molar-refractivity contribution in [2.45, 2.75) is 0 Å². The van der Waals surface area contributed by atoms with E-state index in [9.17, 15) is 0 Å². The second-order valence-electron chi connectivity index (χ2n) is 8.87. The van der Waals surface area contributed by atoms with Crippen molar-refractivity contribution in [3.8, 4) is 45.3 Å². The van der Waals surface area contributed by atoms with Gasteiger partial charge in [0.2, 0.25) is 0 Å². The summed E-state index contributed by atoms with van der Waals surface area (Å²) in [5, 5.41) is 2.13. The Morgan fingerprint density at radius 2 is 0.919 bits per heavy atom. The average Bonchev–Trinajstić information content (AvgIpc) is 3.37. The summed E-state index contributed by atoms with van der Waals surface area (Å²) < 4.78 is 6.49. The van der Waals surface area contributed by atoms with Crippen LogP contribution in [0.4, 0.5) is 0 Å². The van der Waals surface area contributed by atoms with Crippen molar-refractivity contribution in [2.24, 2.45) is 0 Å². The molecule has 7 aromatic rings. The summed E-state index contributed by atoms with van der Waals surface area (Å²) in [4.78, 5) is 14.7. The number of para-hydroxylation sites is 1. The Morgan fingerprint density at radius 3 is 1.54 bits per heavy atom. The number of hydrogen-bond donors (Lipinski definition) is 0. The standard InChI is InChI=1S/C33H21N3O/c1-4-12-22(13-5-1)25-18-11-21-28-29(25)26-19-10-20-27(30(26)37-28)33-35-31(23-14-6-2-7-15-23)34-32(36-33)24-16-8-3-9-17-24/h1-21H. The number of nitrogens with zero attached hydrogens (tertiary/aromatic N) is 3. The van der Waals surface area contributed by atoms with Crippen molar-refractivity contribution in [1.82, 2.24) is 15.0 Å². The molecule has 0 fully saturated rings. The van der Waals surface area contributed by atoms with Crippen LogP contribution in [0, 0.1) is 0 Å². The van der Waals surface area contributed by atoms with E-state index in [4.69, 9.17) is 19.4 Å². The van der Waals surface area contributed by atoms with E-state index >= 15 is 0 Å². The fraction of sp³-hybridized carbons (Fsp3) is 0. The molecule has 4 heteroatoms. The van der Waals surface area contributed by atoms with Gasteiger partial charge < -0.3 is 4.42 Å². The van der Waals surface area contributed by atoms with Gasteiger partial charge in [-0.05, 0) is 23.3 Å². The van der Waals surface area contributed by atoms with Crippen LogP contribution >= 0.6 is 0 Å². The molecule has 0 aliphatic rings. The van der Waals surface area contributed by atoms with Crippen LogP contribution < -0.4 is 0 Å².